The van der Waals surface area contributed by atoms with Gasteiger partial charge in [-0.15, -0.1) is 0 Å². The molecule has 0 radical (unpaired) electrons. The van der Waals surface area contributed by atoms with Crippen LogP contribution in [0.15, 0.2) is 0 Å². The summed E-state index contributed by atoms with van der Waals surface area (Å²) in [5.41, 5.74) is -2.14. The van der Waals surface area contributed by atoms with Crippen LogP contribution in [0.2, 0.25) is 0 Å². The summed E-state index contributed by atoms with van der Waals surface area (Å²) in [5, 5.41) is 14.4. The Kier molecular flexibility index (Phi) is 6.20. The summed E-state index contributed by atoms with van der Waals surface area (Å²) < 4.78 is 0. The molecule has 7 nitrogen and oxygen atoms in total. The van der Waals surface area contributed by atoms with E-state index >= 15 is 0 Å². The number of amides is 3. The van der Waals surface area contributed by atoms with Crippen molar-refractivity contribution in [3.8, 4) is 0 Å². The Morgan fingerprint density at radius 2 is 1.67 bits per heavy atom. The molecule has 3 amide bonds. The number of urea groups is 1. The minimum absolute atomic E-state index is 0.206. The number of carboxylic acid groups (broad SMARTS) is 1. The van der Waals surface area contributed by atoms with E-state index in [0.717, 1.165) is 0 Å². The van der Waals surface area contributed by atoms with Gasteiger partial charge in [0.05, 0.1) is 11.0 Å². The van der Waals surface area contributed by atoms with Crippen molar-refractivity contribution in [2.24, 2.45) is 5.41 Å². The van der Waals surface area contributed by atoms with Crippen molar-refractivity contribution in [2.75, 3.05) is 13.6 Å². The average molecular weight is 301 g/mol. The number of carbonyl (C=O) groups excluding carboxylic acids is 2. The van der Waals surface area contributed by atoms with Crippen LogP contribution in [0.3, 0.4) is 0 Å². The number of carbonyl (C=O) groups is 3. The zero-order chi connectivity index (χ0) is 17.0. The van der Waals surface area contributed by atoms with Crippen LogP contribution in [-0.2, 0) is 9.59 Å². The van der Waals surface area contributed by atoms with Crippen molar-refractivity contribution in [1.29, 1.82) is 0 Å². The molecule has 0 aliphatic carbocycles. The fourth-order valence-electron chi connectivity index (χ4n) is 1.49. The van der Waals surface area contributed by atoms with Gasteiger partial charge in [0.25, 0.3) is 0 Å². The molecule has 0 bridgehead atoms. The highest BCUT2D eigenvalue weighted by Gasteiger charge is 2.44. The quantitative estimate of drug-likeness (QED) is 0.682. The first-order chi connectivity index (χ1) is 9.36. The lowest BCUT2D eigenvalue weighted by Crippen LogP contribution is -2.60. The van der Waals surface area contributed by atoms with Crippen LogP contribution in [0.25, 0.3) is 0 Å². The summed E-state index contributed by atoms with van der Waals surface area (Å²) in [6.45, 7) is 10.3. The molecule has 0 aliphatic rings. The minimum atomic E-state index is -1.15. The monoisotopic (exact) mass is 301 g/mol. The van der Waals surface area contributed by atoms with E-state index in [1.54, 1.807) is 27.8 Å². The zero-order valence-electron chi connectivity index (χ0n) is 13.9. The predicted octanol–water partition coefficient (Wildman–Crippen LogP) is 1.04. The number of hydrogen-bond donors (Lipinski definition) is 3. The van der Waals surface area contributed by atoms with Crippen molar-refractivity contribution in [3.05, 3.63) is 0 Å². The van der Waals surface area contributed by atoms with Crippen molar-refractivity contribution in [3.63, 3.8) is 0 Å². The minimum Gasteiger partial charge on any atom is -0.481 e. The highest BCUT2D eigenvalue weighted by molar-refractivity contribution is 5.87. The number of hydrogen-bond acceptors (Lipinski definition) is 3. The second-order valence-electron chi connectivity index (χ2n) is 6.23. The molecule has 1 atom stereocenters. The van der Waals surface area contributed by atoms with E-state index in [0.29, 0.717) is 6.54 Å². The maximum atomic E-state index is 12.0. The summed E-state index contributed by atoms with van der Waals surface area (Å²) in [5.74, 6) is -1.22. The SMILES string of the molecule is CCN(C)C(=O)C(C)NC(=O)NC(C)(C)C(C)(C)C(=O)O. The molecule has 0 aliphatic heterocycles. The molecule has 1 unspecified atom stereocenters. The summed E-state index contributed by atoms with van der Waals surface area (Å²) in [7, 11) is 1.65. The van der Waals surface area contributed by atoms with E-state index < -0.39 is 29.0 Å². The van der Waals surface area contributed by atoms with Gasteiger partial charge in [-0.25, -0.2) is 4.79 Å². The first kappa shape index (κ1) is 19.2. The molecular formula is C14H27N3O4. The number of carboxylic acids is 1. The van der Waals surface area contributed by atoms with Crippen molar-refractivity contribution < 1.29 is 19.5 Å². The molecular weight excluding hydrogens is 274 g/mol. The lowest BCUT2D eigenvalue weighted by Gasteiger charge is -2.39. The van der Waals surface area contributed by atoms with Crippen LogP contribution in [0.1, 0.15) is 41.5 Å². The van der Waals surface area contributed by atoms with Gasteiger partial charge in [0.15, 0.2) is 0 Å². The second-order valence-corrected chi connectivity index (χ2v) is 6.23. The molecule has 0 aromatic rings. The Morgan fingerprint density at radius 3 is 2.05 bits per heavy atom. The summed E-state index contributed by atoms with van der Waals surface area (Å²) >= 11 is 0. The number of likely N-dealkylation sites (N-methyl/N-ethyl adjacent to an activating group) is 1. The summed E-state index contributed by atoms with van der Waals surface area (Å²) in [6, 6.07) is -1.25. The molecule has 122 valence electrons. The highest BCUT2D eigenvalue weighted by atomic mass is 16.4. The molecule has 0 aromatic heterocycles. The molecule has 0 saturated heterocycles. The largest absolute Gasteiger partial charge is 0.481 e. The number of rotatable bonds is 6. The number of aliphatic carboxylic acids is 1. The molecule has 0 fully saturated rings. The van der Waals surface area contributed by atoms with Crippen LogP contribution in [0, 0.1) is 5.41 Å². The fraction of sp³-hybridized carbons (Fsp3) is 0.786. The van der Waals surface area contributed by atoms with Crippen molar-refractivity contribution in [1.82, 2.24) is 15.5 Å². The van der Waals surface area contributed by atoms with E-state index in [-0.39, 0.29) is 5.91 Å². The van der Waals surface area contributed by atoms with Gasteiger partial charge in [0, 0.05) is 13.6 Å². The lowest BCUT2D eigenvalue weighted by molar-refractivity contribution is -0.150. The zero-order valence-corrected chi connectivity index (χ0v) is 13.9. The normalized spacial score (nSPS) is 13.3. The Balaban J connectivity index is 4.78. The van der Waals surface area contributed by atoms with Crippen LogP contribution in [0.4, 0.5) is 4.79 Å². The van der Waals surface area contributed by atoms with Gasteiger partial charge in [-0.2, -0.15) is 0 Å². The Bertz CT molecular complexity index is 418. The van der Waals surface area contributed by atoms with Gasteiger partial charge in [-0.1, -0.05) is 0 Å². The van der Waals surface area contributed by atoms with Crippen molar-refractivity contribution in [2.45, 2.75) is 53.1 Å². The smallest absolute Gasteiger partial charge is 0.315 e. The average Bonchev–Trinajstić information content (AvgIpc) is 2.35. The van der Waals surface area contributed by atoms with Gasteiger partial charge in [-0.3, -0.25) is 9.59 Å². The van der Waals surface area contributed by atoms with Gasteiger partial charge >= 0.3 is 12.0 Å². The first-order valence-electron chi connectivity index (χ1n) is 6.93. The van der Waals surface area contributed by atoms with Gasteiger partial charge in [0.2, 0.25) is 5.91 Å². The maximum absolute atomic E-state index is 12.0. The Labute approximate surface area is 126 Å². The lowest BCUT2D eigenvalue weighted by atomic mass is 9.74. The third kappa shape index (κ3) is 4.61. The van der Waals surface area contributed by atoms with E-state index in [2.05, 4.69) is 10.6 Å². The molecule has 0 rings (SSSR count). The van der Waals surface area contributed by atoms with E-state index in [4.69, 9.17) is 0 Å². The Morgan fingerprint density at radius 1 is 1.19 bits per heavy atom. The molecule has 0 heterocycles. The maximum Gasteiger partial charge on any atom is 0.315 e. The van der Waals surface area contributed by atoms with E-state index in [9.17, 15) is 19.5 Å². The molecule has 0 spiro atoms. The topological polar surface area (TPSA) is 98.7 Å². The number of nitrogens with one attached hydrogen (secondary N) is 2. The molecule has 3 N–H and O–H groups in total. The van der Waals surface area contributed by atoms with E-state index in [1.807, 2.05) is 6.92 Å². The first-order valence-corrected chi connectivity index (χ1v) is 6.93. The number of nitrogens with zero attached hydrogens (tertiary/aromatic N) is 1. The van der Waals surface area contributed by atoms with Gasteiger partial charge in [0.1, 0.15) is 6.04 Å². The molecule has 21 heavy (non-hydrogen) atoms. The van der Waals surface area contributed by atoms with Crippen LogP contribution in [-0.4, -0.2) is 53.1 Å². The second kappa shape index (κ2) is 6.78. The van der Waals surface area contributed by atoms with Gasteiger partial charge in [-0.05, 0) is 41.5 Å². The van der Waals surface area contributed by atoms with Crippen molar-refractivity contribution >= 4 is 17.9 Å². The Hall–Kier alpha value is -1.79. The van der Waals surface area contributed by atoms with E-state index in [1.165, 1.54) is 18.7 Å². The standard InChI is InChI=1S/C14H27N3O4/c1-8-17(7)10(18)9(2)15-12(21)16-14(5,6)13(3,4)11(19)20/h9H,8H2,1-7H3,(H,19,20)(H2,15,16,21). The highest BCUT2D eigenvalue weighted by Crippen LogP contribution is 2.30. The third-order valence-corrected chi connectivity index (χ3v) is 4.09. The molecule has 0 aromatic carbocycles. The predicted molar refractivity (Wildman–Crippen MR) is 79.9 cm³/mol. The molecule has 0 saturated carbocycles. The summed E-state index contributed by atoms with van der Waals surface area (Å²) in [6.07, 6.45) is 0. The van der Waals surface area contributed by atoms with Gasteiger partial charge < -0.3 is 20.6 Å². The van der Waals surface area contributed by atoms with Crippen LogP contribution < -0.4 is 10.6 Å². The van der Waals surface area contributed by atoms with Crippen LogP contribution >= 0.6 is 0 Å². The summed E-state index contributed by atoms with van der Waals surface area (Å²) in [4.78, 5) is 36.6. The molecule has 7 heteroatoms. The fourth-order valence-corrected chi connectivity index (χ4v) is 1.49. The van der Waals surface area contributed by atoms with Crippen LogP contribution in [0.5, 0.6) is 0 Å². The third-order valence-electron chi connectivity index (χ3n) is 4.09.